The van der Waals surface area contributed by atoms with Crippen LogP contribution in [0.5, 0.6) is 0 Å². The normalized spacial score (nSPS) is 12.6. The second-order valence-electron chi connectivity index (χ2n) is 6.58. The predicted octanol–water partition coefficient (Wildman–Crippen LogP) is 4.15. The van der Waals surface area contributed by atoms with Gasteiger partial charge in [0.1, 0.15) is 0 Å². The van der Waals surface area contributed by atoms with Crippen molar-refractivity contribution in [2.75, 3.05) is 13.1 Å². The molecule has 0 spiro atoms. The molecule has 2 heterocycles. The highest BCUT2D eigenvalue weighted by Crippen LogP contribution is 2.31. The van der Waals surface area contributed by atoms with Crippen molar-refractivity contribution in [3.05, 3.63) is 39.8 Å². The van der Waals surface area contributed by atoms with Crippen LogP contribution in [-0.4, -0.2) is 28.8 Å². The van der Waals surface area contributed by atoms with E-state index < -0.39 is 11.9 Å². The van der Waals surface area contributed by atoms with Crippen molar-refractivity contribution in [2.45, 2.75) is 38.9 Å². The van der Waals surface area contributed by atoms with Crippen molar-refractivity contribution < 1.29 is 13.2 Å². The minimum atomic E-state index is -4.49. The van der Waals surface area contributed by atoms with Gasteiger partial charge in [-0.25, -0.2) is 4.99 Å². The SMILES string of the molecule is CCNC(=NCc1cn(C)nc1C(F)(F)F)NCC(C)(C)c1cccs1.I. The molecule has 0 aliphatic rings. The Kier molecular flexibility index (Phi) is 8.58. The second-order valence-corrected chi connectivity index (χ2v) is 7.53. The van der Waals surface area contributed by atoms with E-state index in [4.69, 9.17) is 0 Å². The molecule has 0 fully saturated rings. The fourth-order valence-electron chi connectivity index (χ4n) is 2.45. The summed E-state index contributed by atoms with van der Waals surface area (Å²) >= 11 is 1.68. The van der Waals surface area contributed by atoms with Crippen LogP contribution in [0.25, 0.3) is 0 Å². The highest BCUT2D eigenvalue weighted by molar-refractivity contribution is 14.0. The molecule has 27 heavy (non-hydrogen) atoms. The van der Waals surface area contributed by atoms with Gasteiger partial charge in [-0.15, -0.1) is 35.3 Å². The summed E-state index contributed by atoms with van der Waals surface area (Å²) in [4.78, 5) is 5.53. The molecule has 0 bridgehead atoms. The first-order chi connectivity index (χ1) is 12.1. The molecule has 0 amide bonds. The highest BCUT2D eigenvalue weighted by atomic mass is 127. The maximum Gasteiger partial charge on any atom is 0.435 e. The van der Waals surface area contributed by atoms with Gasteiger partial charge in [-0.1, -0.05) is 19.9 Å². The van der Waals surface area contributed by atoms with Gasteiger partial charge in [0.05, 0.1) is 6.54 Å². The van der Waals surface area contributed by atoms with Crippen molar-refractivity contribution in [2.24, 2.45) is 12.0 Å². The molecule has 0 aliphatic heterocycles. The Morgan fingerprint density at radius 3 is 2.56 bits per heavy atom. The summed E-state index contributed by atoms with van der Waals surface area (Å²) < 4.78 is 40.3. The van der Waals surface area contributed by atoms with Crippen LogP contribution in [0.15, 0.2) is 28.7 Å². The molecular weight excluding hydrogens is 490 g/mol. The van der Waals surface area contributed by atoms with Gasteiger partial charge >= 0.3 is 6.18 Å². The van der Waals surface area contributed by atoms with Gasteiger partial charge in [0.25, 0.3) is 0 Å². The van der Waals surface area contributed by atoms with Gasteiger partial charge < -0.3 is 10.6 Å². The lowest BCUT2D eigenvalue weighted by Gasteiger charge is -2.25. The van der Waals surface area contributed by atoms with E-state index in [1.807, 2.05) is 18.4 Å². The molecule has 0 atom stereocenters. The number of aryl methyl sites for hydroxylation is 1. The summed E-state index contributed by atoms with van der Waals surface area (Å²) in [5.41, 5.74) is -0.955. The summed E-state index contributed by atoms with van der Waals surface area (Å²) in [6, 6.07) is 4.07. The molecule has 0 saturated heterocycles. The van der Waals surface area contributed by atoms with Gasteiger partial charge in [0, 0.05) is 42.2 Å². The Hall–Kier alpha value is -1.30. The van der Waals surface area contributed by atoms with Crippen LogP contribution in [-0.2, 0) is 25.2 Å². The van der Waals surface area contributed by atoms with Crippen LogP contribution >= 0.6 is 35.3 Å². The topological polar surface area (TPSA) is 54.2 Å². The molecule has 0 saturated carbocycles. The van der Waals surface area contributed by atoms with Crippen molar-refractivity contribution in [3.63, 3.8) is 0 Å². The molecular formula is C17H25F3IN5S. The van der Waals surface area contributed by atoms with Crippen molar-refractivity contribution >= 4 is 41.3 Å². The van der Waals surface area contributed by atoms with E-state index in [0.717, 1.165) is 4.68 Å². The number of halogens is 4. The van der Waals surface area contributed by atoms with Gasteiger partial charge in [-0.3, -0.25) is 4.68 Å². The molecule has 152 valence electrons. The Bertz CT molecular complexity index is 738. The fraction of sp³-hybridized carbons (Fsp3) is 0.529. The average molecular weight is 515 g/mol. The Balaban J connectivity index is 0.00000364. The monoisotopic (exact) mass is 515 g/mol. The van der Waals surface area contributed by atoms with Crippen molar-refractivity contribution in [3.8, 4) is 0 Å². The van der Waals surface area contributed by atoms with E-state index in [-0.39, 0.29) is 41.5 Å². The fourth-order valence-corrected chi connectivity index (χ4v) is 3.31. The Morgan fingerprint density at radius 1 is 1.30 bits per heavy atom. The first-order valence-corrected chi connectivity index (χ1v) is 9.17. The lowest BCUT2D eigenvalue weighted by Crippen LogP contribution is -2.43. The van der Waals surface area contributed by atoms with E-state index in [0.29, 0.717) is 19.0 Å². The summed E-state index contributed by atoms with van der Waals surface area (Å²) in [6.45, 7) is 7.25. The minimum Gasteiger partial charge on any atom is -0.357 e. The van der Waals surface area contributed by atoms with Crippen LogP contribution in [0.2, 0.25) is 0 Å². The number of alkyl halides is 3. The van der Waals surface area contributed by atoms with Crippen LogP contribution in [0.3, 0.4) is 0 Å². The Morgan fingerprint density at radius 2 is 2.00 bits per heavy atom. The number of aromatic nitrogens is 2. The number of hydrogen-bond donors (Lipinski definition) is 2. The first-order valence-electron chi connectivity index (χ1n) is 8.29. The quantitative estimate of drug-likeness (QED) is 0.346. The van der Waals surface area contributed by atoms with Gasteiger partial charge in [0.15, 0.2) is 11.7 Å². The molecule has 0 aliphatic carbocycles. The Labute approximate surface area is 178 Å². The van der Waals surface area contributed by atoms with Gasteiger partial charge in [-0.05, 0) is 18.4 Å². The average Bonchev–Trinajstić information content (AvgIpc) is 3.19. The van der Waals surface area contributed by atoms with Gasteiger partial charge in [-0.2, -0.15) is 18.3 Å². The van der Waals surface area contributed by atoms with Crippen LogP contribution in [0, 0.1) is 0 Å². The zero-order valence-corrected chi connectivity index (χ0v) is 18.9. The molecule has 0 aromatic carbocycles. The molecule has 2 rings (SSSR count). The zero-order valence-electron chi connectivity index (χ0n) is 15.7. The van der Waals surface area contributed by atoms with Gasteiger partial charge in [0.2, 0.25) is 0 Å². The predicted molar refractivity (Wildman–Crippen MR) is 114 cm³/mol. The maximum atomic E-state index is 13.0. The zero-order chi connectivity index (χ0) is 19.4. The largest absolute Gasteiger partial charge is 0.435 e. The molecule has 2 aromatic rings. The molecule has 10 heteroatoms. The number of nitrogens with one attached hydrogen (secondary N) is 2. The van der Waals surface area contributed by atoms with E-state index in [1.54, 1.807) is 11.3 Å². The summed E-state index contributed by atoms with van der Waals surface area (Å²) in [5.74, 6) is 0.481. The van der Waals surface area contributed by atoms with E-state index in [1.165, 1.54) is 18.1 Å². The van der Waals surface area contributed by atoms with Crippen molar-refractivity contribution in [1.29, 1.82) is 0 Å². The van der Waals surface area contributed by atoms with Crippen LogP contribution < -0.4 is 10.6 Å². The maximum absolute atomic E-state index is 13.0. The molecule has 2 aromatic heterocycles. The third kappa shape index (κ3) is 6.66. The second kappa shape index (κ2) is 9.76. The molecule has 2 N–H and O–H groups in total. The number of rotatable bonds is 6. The standard InChI is InChI=1S/C17H24F3N5S.HI/c1-5-21-15(23-11-16(2,3)13-7-6-8-26-13)22-9-12-10-25(4)24-14(12)17(18,19)20;/h6-8,10H,5,9,11H2,1-4H3,(H2,21,22,23);1H. The van der Waals surface area contributed by atoms with Crippen LogP contribution in [0.1, 0.15) is 36.9 Å². The number of hydrogen-bond acceptors (Lipinski definition) is 3. The number of thiophene rings is 1. The van der Waals surface area contributed by atoms with E-state index >= 15 is 0 Å². The summed E-state index contributed by atoms with van der Waals surface area (Å²) in [7, 11) is 1.47. The third-order valence-electron chi connectivity index (χ3n) is 3.81. The lowest BCUT2D eigenvalue weighted by atomic mass is 9.91. The lowest BCUT2D eigenvalue weighted by molar-refractivity contribution is -0.142. The van der Waals surface area contributed by atoms with E-state index in [9.17, 15) is 13.2 Å². The number of nitrogens with zero attached hydrogens (tertiary/aromatic N) is 3. The summed E-state index contributed by atoms with van der Waals surface area (Å²) in [5, 5.41) is 11.8. The third-order valence-corrected chi connectivity index (χ3v) is 5.05. The minimum absolute atomic E-state index is 0. The highest BCUT2D eigenvalue weighted by Gasteiger charge is 2.36. The number of guanidine groups is 1. The molecule has 0 radical (unpaired) electrons. The van der Waals surface area contributed by atoms with E-state index in [2.05, 4.69) is 40.6 Å². The molecule has 0 unspecified atom stereocenters. The molecule has 5 nitrogen and oxygen atoms in total. The summed E-state index contributed by atoms with van der Waals surface area (Å²) in [6.07, 6.45) is -3.13. The smallest absolute Gasteiger partial charge is 0.357 e. The first kappa shape index (κ1) is 23.7. The number of aliphatic imine (C=N–C) groups is 1. The van der Waals surface area contributed by atoms with Crippen LogP contribution in [0.4, 0.5) is 13.2 Å². The van der Waals surface area contributed by atoms with Crippen molar-refractivity contribution in [1.82, 2.24) is 20.4 Å².